The van der Waals surface area contributed by atoms with Gasteiger partial charge in [-0.05, 0) is 25.8 Å². The van der Waals surface area contributed by atoms with E-state index in [-0.39, 0.29) is 17.0 Å². The molecule has 0 aliphatic rings. The van der Waals surface area contributed by atoms with Crippen LogP contribution >= 0.6 is 0 Å². The summed E-state index contributed by atoms with van der Waals surface area (Å²) >= 11 is 0. The number of H-pyrrole nitrogens is 1. The molecule has 96 valence electrons. The van der Waals surface area contributed by atoms with E-state index in [0.29, 0.717) is 12.8 Å². The molecule has 1 unspecified atom stereocenters. The molecule has 1 heterocycles. The molecule has 1 aromatic rings. The highest BCUT2D eigenvalue weighted by Crippen LogP contribution is 2.04. The first kappa shape index (κ1) is 13.9. The number of pyridine rings is 1. The molecular weight excluding hydrogens is 244 g/mol. The summed E-state index contributed by atoms with van der Waals surface area (Å²) in [5, 5.41) is 9.01. The van der Waals surface area contributed by atoms with Crippen LogP contribution in [0.15, 0.2) is 28.0 Å². The van der Waals surface area contributed by atoms with Crippen LogP contribution in [0, 0.1) is 0 Å². The molecule has 0 amide bonds. The minimum Gasteiger partial charge on any atom is -0.393 e. The van der Waals surface area contributed by atoms with Crippen molar-refractivity contribution in [1.82, 2.24) is 9.71 Å². The molecular formula is C10H16N2O4S. The molecule has 0 bridgehead atoms. The molecule has 0 spiro atoms. The lowest BCUT2D eigenvalue weighted by atomic mass is 10.2. The Balaban J connectivity index is 2.57. The molecule has 7 heteroatoms. The lowest BCUT2D eigenvalue weighted by Gasteiger charge is -2.07. The Kier molecular flexibility index (Phi) is 4.86. The van der Waals surface area contributed by atoms with Crippen LogP contribution in [0.5, 0.6) is 0 Å². The van der Waals surface area contributed by atoms with Gasteiger partial charge in [-0.3, -0.25) is 4.79 Å². The third kappa shape index (κ3) is 4.68. The van der Waals surface area contributed by atoms with Gasteiger partial charge in [-0.1, -0.05) is 0 Å². The van der Waals surface area contributed by atoms with Gasteiger partial charge >= 0.3 is 0 Å². The van der Waals surface area contributed by atoms with Gasteiger partial charge in [-0.25, -0.2) is 13.1 Å². The van der Waals surface area contributed by atoms with Crippen LogP contribution in [0.1, 0.15) is 19.8 Å². The second-order valence-electron chi connectivity index (χ2n) is 3.78. The summed E-state index contributed by atoms with van der Waals surface area (Å²) in [6.07, 6.45) is 1.81. The van der Waals surface area contributed by atoms with Gasteiger partial charge in [-0.15, -0.1) is 0 Å². The van der Waals surface area contributed by atoms with Gasteiger partial charge < -0.3 is 10.1 Å². The van der Waals surface area contributed by atoms with E-state index in [1.54, 1.807) is 6.92 Å². The number of aromatic nitrogens is 1. The maximum Gasteiger partial charge on any atom is 0.247 e. The molecule has 0 saturated heterocycles. The molecule has 3 N–H and O–H groups in total. The normalized spacial score (nSPS) is 13.5. The molecule has 0 saturated carbocycles. The average Bonchev–Trinajstić information content (AvgIpc) is 2.25. The summed E-state index contributed by atoms with van der Waals surface area (Å²) in [6.45, 7) is 1.91. The van der Waals surface area contributed by atoms with E-state index in [9.17, 15) is 13.2 Å². The number of hydrogen-bond acceptors (Lipinski definition) is 4. The second-order valence-corrected chi connectivity index (χ2v) is 5.54. The quantitative estimate of drug-likeness (QED) is 0.617. The summed E-state index contributed by atoms with van der Waals surface area (Å²) in [4.78, 5) is 13.1. The van der Waals surface area contributed by atoms with Crippen LogP contribution < -0.4 is 10.3 Å². The van der Waals surface area contributed by atoms with Gasteiger partial charge in [0, 0.05) is 18.8 Å². The van der Waals surface area contributed by atoms with Crippen molar-refractivity contribution in [3.05, 3.63) is 28.7 Å². The van der Waals surface area contributed by atoms with Crippen LogP contribution in [0.4, 0.5) is 0 Å². The van der Waals surface area contributed by atoms with Gasteiger partial charge in [0.05, 0.1) is 11.0 Å². The van der Waals surface area contributed by atoms with E-state index < -0.39 is 16.1 Å². The standard InChI is InChI=1S/C10H16N2O4S/c1-8(13)3-2-6-12-17(15,16)9-4-5-10(14)11-7-9/h4-5,7-8,12-13H,2-3,6H2,1H3,(H,11,14). The minimum absolute atomic E-state index is 0.0224. The Bertz CT molecular complexity index is 487. The predicted molar refractivity (Wildman–Crippen MR) is 63.2 cm³/mol. The molecule has 6 nitrogen and oxygen atoms in total. The summed E-state index contributed by atoms with van der Waals surface area (Å²) in [5.41, 5.74) is -0.349. The predicted octanol–water partition coefficient (Wildman–Crippen LogP) is -0.186. The Labute approximate surface area is 99.7 Å². The Morgan fingerprint density at radius 1 is 1.47 bits per heavy atom. The van der Waals surface area contributed by atoms with E-state index in [0.717, 1.165) is 12.3 Å². The number of sulfonamides is 1. The Morgan fingerprint density at radius 3 is 2.71 bits per heavy atom. The molecule has 0 aromatic carbocycles. The third-order valence-corrected chi connectivity index (χ3v) is 3.62. The number of aromatic amines is 1. The van der Waals surface area contributed by atoms with Crippen LogP contribution in [-0.4, -0.2) is 31.2 Å². The molecule has 1 rings (SSSR count). The van der Waals surface area contributed by atoms with Crippen molar-refractivity contribution in [2.75, 3.05) is 6.54 Å². The number of rotatable bonds is 6. The van der Waals surface area contributed by atoms with Crippen molar-refractivity contribution in [3.63, 3.8) is 0 Å². The molecule has 0 aliphatic heterocycles. The lowest BCUT2D eigenvalue weighted by molar-refractivity contribution is 0.182. The fourth-order valence-corrected chi connectivity index (χ4v) is 2.29. The molecule has 17 heavy (non-hydrogen) atoms. The first-order valence-electron chi connectivity index (χ1n) is 5.28. The Hall–Kier alpha value is -1.18. The summed E-state index contributed by atoms with van der Waals surface area (Å²) in [7, 11) is -3.58. The van der Waals surface area contributed by atoms with Gasteiger partial charge in [0.2, 0.25) is 15.6 Å². The number of hydrogen-bond donors (Lipinski definition) is 3. The lowest BCUT2D eigenvalue weighted by Crippen LogP contribution is -2.26. The number of aliphatic hydroxyl groups excluding tert-OH is 1. The largest absolute Gasteiger partial charge is 0.393 e. The van der Waals surface area contributed by atoms with Crippen LogP contribution in [0.2, 0.25) is 0 Å². The first-order valence-corrected chi connectivity index (χ1v) is 6.76. The van der Waals surface area contributed by atoms with Crippen molar-refractivity contribution in [3.8, 4) is 0 Å². The van der Waals surface area contributed by atoms with Crippen molar-refractivity contribution in [2.24, 2.45) is 0 Å². The van der Waals surface area contributed by atoms with E-state index in [2.05, 4.69) is 9.71 Å². The van der Waals surface area contributed by atoms with Gasteiger partial charge in [-0.2, -0.15) is 0 Å². The molecule has 0 radical (unpaired) electrons. The van der Waals surface area contributed by atoms with E-state index >= 15 is 0 Å². The topological polar surface area (TPSA) is 99.3 Å². The molecule has 1 aromatic heterocycles. The second kappa shape index (κ2) is 5.95. The molecule has 0 fully saturated rings. The smallest absolute Gasteiger partial charge is 0.247 e. The van der Waals surface area contributed by atoms with Crippen LogP contribution in [0.25, 0.3) is 0 Å². The first-order chi connectivity index (χ1) is 7.92. The fourth-order valence-electron chi connectivity index (χ4n) is 1.25. The van der Waals surface area contributed by atoms with Crippen LogP contribution in [0.3, 0.4) is 0 Å². The highest BCUT2D eigenvalue weighted by molar-refractivity contribution is 7.89. The fraction of sp³-hybridized carbons (Fsp3) is 0.500. The van der Waals surface area contributed by atoms with Gasteiger partial charge in [0.15, 0.2) is 0 Å². The summed E-state index contributed by atoms with van der Waals surface area (Å²) in [5.74, 6) is 0. The zero-order valence-electron chi connectivity index (χ0n) is 9.51. The van der Waals surface area contributed by atoms with Gasteiger partial charge in [0.1, 0.15) is 0 Å². The van der Waals surface area contributed by atoms with E-state index in [4.69, 9.17) is 5.11 Å². The van der Waals surface area contributed by atoms with Crippen molar-refractivity contribution < 1.29 is 13.5 Å². The van der Waals surface area contributed by atoms with Crippen molar-refractivity contribution in [2.45, 2.75) is 30.8 Å². The zero-order valence-corrected chi connectivity index (χ0v) is 10.3. The highest BCUT2D eigenvalue weighted by atomic mass is 32.2. The molecule has 1 atom stereocenters. The molecule has 0 aliphatic carbocycles. The number of aliphatic hydroxyl groups is 1. The van der Waals surface area contributed by atoms with Gasteiger partial charge in [0.25, 0.3) is 0 Å². The summed E-state index contributed by atoms with van der Waals surface area (Å²) < 4.78 is 25.8. The SMILES string of the molecule is CC(O)CCCNS(=O)(=O)c1ccc(=O)[nH]c1. The minimum atomic E-state index is -3.58. The van der Waals surface area contributed by atoms with Crippen molar-refractivity contribution >= 4 is 10.0 Å². The number of nitrogens with one attached hydrogen (secondary N) is 2. The third-order valence-electron chi connectivity index (χ3n) is 2.16. The highest BCUT2D eigenvalue weighted by Gasteiger charge is 2.12. The zero-order chi connectivity index (χ0) is 12.9. The Morgan fingerprint density at radius 2 is 2.18 bits per heavy atom. The van der Waals surface area contributed by atoms with Crippen LogP contribution in [-0.2, 0) is 10.0 Å². The maximum atomic E-state index is 11.7. The average molecular weight is 260 g/mol. The summed E-state index contributed by atoms with van der Waals surface area (Å²) in [6, 6.07) is 2.40. The van der Waals surface area contributed by atoms with E-state index in [1.807, 2.05) is 0 Å². The maximum absolute atomic E-state index is 11.7. The van der Waals surface area contributed by atoms with E-state index in [1.165, 1.54) is 6.07 Å². The monoisotopic (exact) mass is 260 g/mol. The van der Waals surface area contributed by atoms with Crippen molar-refractivity contribution in [1.29, 1.82) is 0 Å².